The van der Waals surface area contributed by atoms with Crippen LogP contribution in [0.3, 0.4) is 0 Å². The van der Waals surface area contributed by atoms with Gasteiger partial charge in [-0.3, -0.25) is 18.6 Å². The van der Waals surface area contributed by atoms with Crippen molar-refractivity contribution < 1.29 is 42.7 Å². The van der Waals surface area contributed by atoms with E-state index in [-0.39, 0.29) is 32.6 Å². The van der Waals surface area contributed by atoms with E-state index in [9.17, 15) is 24.2 Å². The maximum Gasteiger partial charge on any atom is 0.472 e. The molecule has 0 aliphatic carbocycles. The lowest BCUT2D eigenvalue weighted by atomic mass is 10.0. The van der Waals surface area contributed by atoms with Crippen molar-refractivity contribution in [3.63, 3.8) is 0 Å². The van der Waals surface area contributed by atoms with E-state index in [1.807, 2.05) is 12.2 Å². The number of nitrogens with two attached hydrogens (primary N) is 1. The molecule has 0 spiro atoms. The number of allylic oxidation sites excluding steroid dienone is 7. The highest BCUT2D eigenvalue weighted by Gasteiger charge is 2.26. The number of carbonyl (C=O) groups excluding carboxylic acids is 2. The quantitative estimate of drug-likeness (QED) is 0.0179. The predicted octanol–water partition coefficient (Wildman–Crippen LogP) is 11.7. The fourth-order valence-electron chi connectivity index (χ4n) is 5.97. The van der Waals surface area contributed by atoms with Gasteiger partial charge >= 0.3 is 19.8 Å². The lowest BCUT2D eigenvalue weighted by molar-refractivity contribution is -0.161. The molecule has 1 unspecified atom stereocenters. The molecule has 11 heteroatoms. The van der Waals surface area contributed by atoms with E-state index in [4.69, 9.17) is 24.3 Å². The van der Waals surface area contributed by atoms with E-state index in [1.165, 1.54) is 103 Å². The van der Waals surface area contributed by atoms with Crippen LogP contribution in [0.4, 0.5) is 0 Å². The van der Waals surface area contributed by atoms with Gasteiger partial charge in [0.2, 0.25) is 0 Å². The molecular formula is C45H82NO9P. The summed E-state index contributed by atoms with van der Waals surface area (Å²) in [4.78, 5) is 34.9. The fourth-order valence-corrected chi connectivity index (χ4v) is 6.74. The number of ether oxygens (including phenoxy) is 2. The Morgan fingerprint density at radius 3 is 1.73 bits per heavy atom. The largest absolute Gasteiger partial charge is 0.472 e. The van der Waals surface area contributed by atoms with Crippen molar-refractivity contribution in [3.8, 4) is 0 Å². The zero-order valence-electron chi connectivity index (χ0n) is 35.5. The van der Waals surface area contributed by atoms with Gasteiger partial charge in [0, 0.05) is 19.4 Å². The summed E-state index contributed by atoms with van der Waals surface area (Å²) >= 11 is 0. The summed E-state index contributed by atoms with van der Waals surface area (Å²) in [5.74, 6) is -1.03. The minimum atomic E-state index is -4.42. The molecule has 0 rings (SSSR count). The second-order valence-corrected chi connectivity index (χ2v) is 16.2. The fraction of sp³-hybridized carbons (Fsp3) is 0.778. The second-order valence-electron chi connectivity index (χ2n) is 14.8. The van der Waals surface area contributed by atoms with Crippen LogP contribution < -0.4 is 5.73 Å². The van der Waals surface area contributed by atoms with E-state index in [0.717, 1.165) is 38.5 Å². The Hall–Kier alpha value is -2.07. The molecule has 4 N–H and O–H groups in total. The molecule has 0 aliphatic rings. The first-order valence-corrected chi connectivity index (χ1v) is 23.7. The molecule has 0 saturated heterocycles. The Bertz CT molecular complexity index is 1080. The van der Waals surface area contributed by atoms with Gasteiger partial charge < -0.3 is 25.2 Å². The first kappa shape index (κ1) is 53.9. The van der Waals surface area contributed by atoms with Gasteiger partial charge in [0.25, 0.3) is 0 Å². The minimum Gasteiger partial charge on any atom is -0.462 e. The van der Waals surface area contributed by atoms with Crippen molar-refractivity contribution in [1.82, 2.24) is 0 Å². The van der Waals surface area contributed by atoms with E-state index < -0.39 is 38.6 Å². The van der Waals surface area contributed by atoms with Crippen LogP contribution in [0, 0.1) is 0 Å². The van der Waals surface area contributed by atoms with Gasteiger partial charge in [-0.25, -0.2) is 4.57 Å². The van der Waals surface area contributed by atoms with Crippen molar-refractivity contribution in [3.05, 3.63) is 48.6 Å². The smallest absolute Gasteiger partial charge is 0.462 e. The zero-order valence-corrected chi connectivity index (χ0v) is 36.4. The molecule has 326 valence electrons. The van der Waals surface area contributed by atoms with Gasteiger partial charge in [0.1, 0.15) is 6.61 Å². The minimum absolute atomic E-state index is 0.0274. The van der Waals surface area contributed by atoms with Crippen LogP contribution in [0.2, 0.25) is 0 Å². The van der Waals surface area contributed by atoms with Crippen LogP contribution in [0.15, 0.2) is 48.6 Å². The lowest BCUT2D eigenvalue weighted by Crippen LogP contribution is -2.29. The molecule has 0 aliphatic heterocycles. The van der Waals surface area contributed by atoms with Crippen molar-refractivity contribution >= 4 is 19.8 Å². The topological polar surface area (TPSA) is 155 Å². The molecule has 0 aromatic rings. The molecule has 0 saturated carbocycles. The summed E-state index contributed by atoms with van der Waals surface area (Å²) in [6.45, 7) is 3.49. The van der Waals surface area contributed by atoms with Crippen LogP contribution in [0.25, 0.3) is 0 Å². The number of carbonyl (C=O) groups is 2. The standard InChI is InChI=1S/C45H82NO9P/c1-3-5-7-9-11-13-15-17-18-19-20-22-24-26-28-30-32-36-45(49)55-43(41-54-56(50,51)53-39-38-46)40-52-44(48)37-33-35-42(47)34-31-29-27-25-23-21-16-14-12-10-8-6-4-2/h12,14,21,23,27,29,31,34,42-43,47H,3-11,13,15-20,22,24-26,28,30,32-33,35-41,46H2,1-2H3,(H,50,51)/b14-12-,23-21-,29-27-,34-31+/t42-,43-/m1/s1. The number of unbranched alkanes of at least 4 members (excludes halogenated alkanes) is 19. The van der Waals surface area contributed by atoms with Crippen LogP contribution >= 0.6 is 7.82 Å². The number of hydrogen-bond acceptors (Lipinski definition) is 9. The number of phosphoric ester groups is 1. The Balaban J connectivity index is 4.31. The van der Waals surface area contributed by atoms with Gasteiger partial charge in [-0.05, 0) is 44.9 Å². The predicted molar refractivity (Wildman–Crippen MR) is 230 cm³/mol. The highest BCUT2D eigenvalue weighted by Crippen LogP contribution is 2.43. The molecule has 10 nitrogen and oxygen atoms in total. The molecule has 56 heavy (non-hydrogen) atoms. The third-order valence-electron chi connectivity index (χ3n) is 9.32. The van der Waals surface area contributed by atoms with Crippen LogP contribution in [-0.2, 0) is 32.7 Å². The monoisotopic (exact) mass is 812 g/mol. The lowest BCUT2D eigenvalue weighted by Gasteiger charge is -2.20. The summed E-state index contributed by atoms with van der Waals surface area (Å²) in [5, 5.41) is 10.2. The molecule has 0 bridgehead atoms. The summed E-state index contributed by atoms with van der Waals surface area (Å²) in [6.07, 6.45) is 43.1. The average Bonchev–Trinajstić information content (AvgIpc) is 3.18. The second kappa shape index (κ2) is 41.1. The van der Waals surface area contributed by atoms with Gasteiger partial charge in [-0.2, -0.15) is 0 Å². The summed E-state index contributed by atoms with van der Waals surface area (Å²) < 4.78 is 32.6. The number of phosphoric acid groups is 1. The van der Waals surface area contributed by atoms with Crippen molar-refractivity contribution in [2.75, 3.05) is 26.4 Å². The first-order valence-electron chi connectivity index (χ1n) is 22.2. The molecule has 0 aromatic heterocycles. The zero-order chi connectivity index (χ0) is 41.2. The van der Waals surface area contributed by atoms with Crippen LogP contribution in [0.5, 0.6) is 0 Å². The first-order chi connectivity index (χ1) is 27.2. The Morgan fingerprint density at radius 1 is 0.625 bits per heavy atom. The maximum atomic E-state index is 12.6. The summed E-state index contributed by atoms with van der Waals surface area (Å²) in [5.41, 5.74) is 5.34. The normalized spacial score (nSPS) is 14.3. The third-order valence-corrected chi connectivity index (χ3v) is 10.3. The molecular weight excluding hydrogens is 729 g/mol. The van der Waals surface area contributed by atoms with Crippen molar-refractivity contribution in [2.24, 2.45) is 5.73 Å². The van der Waals surface area contributed by atoms with Gasteiger partial charge in [-0.15, -0.1) is 0 Å². The summed E-state index contributed by atoms with van der Waals surface area (Å²) in [6, 6.07) is 0. The van der Waals surface area contributed by atoms with Crippen LogP contribution in [0.1, 0.15) is 187 Å². The van der Waals surface area contributed by atoms with Gasteiger partial charge in [0.15, 0.2) is 6.10 Å². The van der Waals surface area contributed by atoms with Crippen molar-refractivity contribution in [1.29, 1.82) is 0 Å². The van der Waals surface area contributed by atoms with Gasteiger partial charge in [-0.1, -0.05) is 178 Å². The average molecular weight is 812 g/mol. The van der Waals surface area contributed by atoms with Crippen molar-refractivity contribution in [2.45, 2.75) is 199 Å². The maximum absolute atomic E-state index is 12.6. The molecule has 3 atom stereocenters. The Morgan fingerprint density at radius 2 is 1.14 bits per heavy atom. The van der Waals surface area contributed by atoms with Gasteiger partial charge in [0.05, 0.1) is 19.3 Å². The van der Waals surface area contributed by atoms with Crippen LogP contribution in [-0.4, -0.2) is 60.5 Å². The van der Waals surface area contributed by atoms with E-state index in [0.29, 0.717) is 19.3 Å². The Labute approximate surface area is 341 Å². The molecule has 0 amide bonds. The SMILES string of the molecule is CCCCC/C=C\C/C=C\C/C=C\C=C\[C@@H](O)CCCC(=O)OC[C@H](COP(=O)(O)OCCN)OC(=O)CCCCCCCCCCCCCCCCCCC. The molecule has 0 radical (unpaired) electrons. The highest BCUT2D eigenvalue weighted by atomic mass is 31.2. The number of rotatable bonds is 41. The number of esters is 2. The number of aliphatic hydroxyl groups excluding tert-OH is 1. The van der Waals surface area contributed by atoms with E-state index >= 15 is 0 Å². The molecule has 0 heterocycles. The number of aliphatic hydroxyl groups is 1. The molecule has 0 aromatic carbocycles. The van der Waals surface area contributed by atoms with E-state index in [1.54, 1.807) is 12.2 Å². The Kier molecular flexibility index (Phi) is 39.6. The number of hydrogen-bond donors (Lipinski definition) is 3. The van der Waals surface area contributed by atoms with E-state index in [2.05, 4.69) is 38.2 Å². The summed E-state index contributed by atoms with van der Waals surface area (Å²) in [7, 11) is -4.42. The molecule has 0 fully saturated rings. The highest BCUT2D eigenvalue weighted by molar-refractivity contribution is 7.47. The third kappa shape index (κ3) is 40.1.